The molecule has 0 aliphatic heterocycles. The van der Waals surface area contributed by atoms with Gasteiger partial charge < -0.3 is 15.7 Å². The first-order valence-electron chi connectivity index (χ1n) is 5.71. The summed E-state index contributed by atoms with van der Waals surface area (Å²) in [5.41, 5.74) is 0.735. The number of nitrogens with one attached hydrogen (secondary N) is 2. The third-order valence-electron chi connectivity index (χ3n) is 2.37. The predicted molar refractivity (Wildman–Crippen MR) is 76.6 cm³/mol. The summed E-state index contributed by atoms with van der Waals surface area (Å²) in [5, 5.41) is 17.4. The number of halogens is 2. The molecule has 3 N–H and O–H groups in total. The minimum absolute atomic E-state index is 0.299. The second-order valence-corrected chi connectivity index (χ2v) is 4.88. The lowest BCUT2D eigenvalue weighted by Gasteiger charge is -2.07. The van der Waals surface area contributed by atoms with Crippen LogP contribution < -0.4 is 10.6 Å². The van der Waals surface area contributed by atoms with Crippen LogP contribution >= 0.6 is 15.9 Å². The normalized spacial score (nSPS) is 10.2. The Morgan fingerprint density at radius 1 is 1.38 bits per heavy atom. The molecular weight excluding hydrogens is 347 g/mol. The lowest BCUT2D eigenvalue weighted by molar-refractivity contribution is -0.137. The van der Waals surface area contributed by atoms with E-state index in [0.717, 1.165) is 0 Å². The SMILES string of the molecule is O=C(O)Cn1cc(NC(=O)Nc2ccc(F)cc2Br)cn1. The molecule has 7 nitrogen and oxygen atoms in total. The number of carboxylic acid groups (broad SMARTS) is 1. The van der Waals surface area contributed by atoms with Gasteiger partial charge in [0.15, 0.2) is 0 Å². The van der Waals surface area contributed by atoms with Gasteiger partial charge in [0.1, 0.15) is 12.4 Å². The van der Waals surface area contributed by atoms with Crippen molar-refractivity contribution in [3.05, 3.63) is 40.9 Å². The molecule has 110 valence electrons. The molecule has 1 aromatic carbocycles. The maximum Gasteiger partial charge on any atom is 0.325 e. The minimum atomic E-state index is -1.04. The summed E-state index contributed by atoms with van der Waals surface area (Å²) in [7, 11) is 0. The molecule has 2 rings (SSSR count). The van der Waals surface area contributed by atoms with E-state index >= 15 is 0 Å². The standard InChI is InChI=1S/C12H10BrFN4O3/c13-9-3-7(14)1-2-10(9)17-12(21)16-8-4-15-18(5-8)6-11(19)20/h1-5H,6H2,(H,19,20)(H2,16,17,21). The number of aromatic nitrogens is 2. The van der Waals surface area contributed by atoms with Crippen molar-refractivity contribution in [3.8, 4) is 0 Å². The maximum absolute atomic E-state index is 12.9. The van der Waals surface area contributed by atoms with Crippen LogP contribution in [-0.4, -0.2) is 26.9 Å². The molecule has 0 bridgehead atoms. The zero-order valence-corrected chi connectivity index (χ0v) is 12.1. The topological polar surface area (TPSA) is 96.2 Å². The Morgan fingerprint density at radius 3 is 2.81 bits per heavy atom. The van der Waals surface area contributed by atoms with Gasteiger partial charge in [0.2, 0.25) is 0 Å². The summed E-state index contributed by atoms with van der Waals surface area (Å²) in [6.07, 6.45) is 2.70. The van der Waals surface area contributed by atoms with E-state index in [1.165, 1.54) is 35.3 Å². The summed E-state index contributed by atoms with van der Waals surface area (Å²) in [6.45, 7) is -0.299. The zero-order valence-electron chi connectivity index (χ0n) is 10.5. The van der Waals surface area contributed by atoms with E-state index in [2.05, 4.69) is 31.7 Å². The summed E-state index contributed by atoms with van der Waals surface area (Å²) < 4.78 is 14.5. The Hall–Kier alpha value is -2.42. The highest BCUT2D eigenvalue weighted by atomic mass is 79.9. The molecule has 0 spiro atoms. The van der Waals surface area contributed by atoms with E-state index in [1.54, 1.807) is 0 Å². The summed E-state index contributed by atoms with van der Waals surface area (Å²) in [6, 6.07) is 3.29. The number of hydrogen-bond donors (Lipinski definition) is 3. The van der Waals surface area contributed by atoms with E-state index in [4.69, 9.17) is 5.11 Å². The van der Waals surface area contributed by atoms with Crippen molar-refractivity contribution in [2.45, 2.75) is 6.54 Å². The number of carboxylic acids is 1. The molecule has 0 radical (unpaired) electrons. The highest BCUT2D eigenvalue weighted by Gasteiger charge is 2.08. The van der Waals surface area contributed by atoms with Crippen LogP contribution in [-0.2, 0) is 11.3 Å². The third-order valence-corrected chi connectivity index (χ3v) is 3.02. The summed E-state index contributed by atoms with van der Waals surface area (Å²) >= 11 is 3.13. The molecular formula is C12H10BrFN4O3. The Labute approximate surface area is 126 Å². The predicted octanol–water partition coefficient (Wildman–Crippen LogP) is 2.51. The van der Waals surface area contributed by atoms with Crippen LogP contribution in [0.2, 0.25) is 0 Å². The molecule has 0 aliphatic rings. The number of rotatable bonds is 4. The third kappa shape index (κ3) is 4.28. The lowest BCUT2D eigenvalue weighted by atomic mass is 10.3. The molecule has 0 saturated carbocycles. The average molecular weight is 357 g/mol. The monoisotopic (exact) mass is 356 g/mol. The average Bonchev–Trinajstić information content (AvgIpc) is 2.79. The number of benzene rings is 1. The number of nitrogens with zero attached hydrogens (tertiary/aromatic N) is 2. The molecule has 9 heteroatoms. The maximum atomic E-state index is 12.9. The molecule has 2 amide bonds. The first-order chi connectivity index (χ1) is 9.94. The Balaban J connectivity index is 1.98. The second kappa shape index (κ2) is 6.35. The Kier molecular flexibility index (Phi) is 4.53. The molecule has 0 fully saturated rings. The van der Waals surface area contributed by atoms with Crippen molar-refractivity contribution in [2.24, 2.45) is 0 Å². The van der Waals surface area contributed by atoms with Crippen LogP contribution in [0.25, 0.3) is 0 Å². The Bertz CT molecular complexity index is 689. The number of aliphatic carboxylic acids is 1. The van der Waals surface area contributed by atoms with E-state index in [0.29, 0.717) is 15.8 Å². The summed E-state index contributed by atoms with van der Waals surface area (Å²) in [4.78, 5) is 22.3. The molecule has 0 aliphatic carbocycles. The fourth-order valence-corrected chi connectivity index (χ4v) is 1.98. The quantitative estimate of drug-likeness (QED) is 0.784. The van der Waals surface area contributed by atoms with Crippen molar-refractivity contribution < 1.29 is 19.1 Å². The highest BCUT2D eigenvalue weighted by molar-refractivity contribution is 9.10. The molecule has 2 aromatic rings. The molecule has 0 saturated heterocycles. The molecule has 1 aromatic heterocycles. The van der Waals surface area contributed by atoms with Crippen molar-refractivity contribution in [1.82, 2.24) is 9.78 Å². The molecule has 0 atom stereocenters. The van der Waals surface area contributed by atoms with Crippen LogP contribution in [0.15, 0.2) is 35.1 Å². The fourth-order valence-electron chi connectivity index (χ4n) is 1.53. The molecule has 0 unspecified atom stereocenters. The van der Waals surface area contributed by atoms with E-state index < -0.39 is 17.8 Å². The van der Waals surface area contributed by atoms with Crippen LogP contribution in [0.4, 0.5) is 20.6 Å². The van der Waals surface area contributed by atoms with Gasteiger partial charge in [-0.2, -0.15) is 5.10 Å². The van der Waals surface area contributed by atoms with Gasteiger partial charge in [-0.15, -0.1) is 0 Å². The van der Waals surface area contributed by atoms with Gasteiger partial charge in [-0.05, 0) is 34.1 Å². The van der Waals surface area contributed by atoms with Crippen molar-refractivity contribution in [1.29, 1.82) is 0 Å². The van der Waals surface area contributed by atoms with E-state index in [1.807, 2.05) is 0 Å². The van der Waals surface area contributed by atoms with Gasteiger partial charge in [-0.25, -0.2) is 9.18 Å². The fraction of sp³-hybridized carbons (Fsp3) is 0.0833. The largest absolute Gasteiger partial charge is 0.480 e. The first-order valence-corrected chi connectivity index (χ1v) is 6.50. The molecule has 1 heterocycles. The zero-order chi connectivity index (χ0) is 15.4. The van der Waals surface area contributed by atoms with Crippen LogP contribution in [0.1, 0.15) is 0 Å². The van der Waals surface area contributed by atoms with Gasteiger partial charge in [0, 0.05) is 10.7 Å². The first kappa shape index (κ1) is 15.0. The van der Waals surface area contributed by atoms with Crippen LogP contribution in [0, 0.1) is 5.82 Å². The second-order valence-electron chi connectivity index (χ2n) is 4.02. The molecule has 21 heavy (non-hydrogen) atoms. The highest BCUT2D eigenvalue weighted by Crippen LogP contribution is 2.23. The summed E-state index contributed by atoms with van der Waals surface area (Å²) in [5.74, 6) is -1.47. The van der Waals surface area contributed by atoms with Crippen molar-refractivity contribution in [3.63, 3.8) is 0 Å². The van der Waals surface area contributed by atoms with Gasteiger partial charge in [0.05, 0.1) is 17.6 Å². The smallest absolute Gasteiger partial charge is 0.325 e. The lowest BCUT2D eigenvalue weighted by Crippen LogP contribution is -2.19. The van der Waals surface area contributed by atoms with E-state index in [9.17, 15) is 14.0 Å². The van der Waals surface area contributed by atoms with Crippen LogP contribution in [0.5, 0.6) is 0 Å². The number of amides is 2. The van der Waals surface area contributed by atoms with Crippen LogP contribution in [0.3, 0.4) is 0 Å². The van der Waals surface area contributed by atoms with E-state index in [-0.39, 0.29) is 6.54 Å². The van der Waals surface area contributed by atoms with Gasteiger partial charge in [0.25, 0.3) is 0 Å². The number of carbonyl (C=O) groups excluding carboxylic acids is 1. The van der Waals surface area contributed by atoms with Gasteiger partial charge in [-0.1, -0.05) is 0 Å². The van der Waals surface area contributed by atoms with Crippen molar-refractivity contribution in [2.75, 3.05) is 10.6 Å². The Morgan fingerprint density at radius 2 is 2.14 bits per heavy atom. The number of anilines is 2. The van der Waals surface area contributed by atoms with Crippen molar-refractivity contribution >= 4 is 39.3 Å². The number of urea groups is 1. The minimum Gasteiger partial charge on any atom is -0.480 e. The van der Waals surface area contributed by atoms with Gasteiger partial charge >= 0.3 is 12.0 Å². The number of hydrogen-bond acceptors (Lipinski definition) is 3. The number of carbonyl (C=O) groups is 2. The van der Waals surface area contributed by atoms with Gasteiger partial charge in [-0.3, -0.25) is 9.48 Å².